The summed E-state index contributed by atoms with van der Waals surface area (Å²) in [6.45, 7) is 2.09. The van der Waals surface area contributed by atoms with E-state index in [2.05, 4.69) is 5.32 Å². The predicted octanol–water partition coefficient (Wildman–Crippen LogP) is 2.54. The van der Waals surface area contributed by atoms with E-state index >= 15 is 0 Å². The van der Waals surface area contributed by atoms with Crippen molar-refractivity contribution in [2.45, 2.75) is 31.9 Å². The fourth-order valence-corrected chi connectivity index (χ4v) is 2.19. The first kappa shape index (κ1) is 18.4. The van der Waals surface area contributed by atoms with E-state index in [1.807, 2.05) is 49.4 Å². The topological polar surface area (TPSA) is 75.4 Å². The average molecular weight is 323 g/mol. The molecule has 4 N–H and O–H groups in total. The van der Waals surface area contributed by atoms with Gasteiger partial charge >= 0.3 is 0 Å². The first-order valence-electron chi connectivity index (χ1n) is 7.25. The zero-order chi connectivity index (χ0) is 15.2. The van der Waals surface area contributed by atoms with Crippen LogP contribution in [0, 0.1) is 0 Å². The van der Waals surface area contributed by atoms with Crippen LogP contribution in [0.3, 0.4) is 0 Å². The molecule has 2 rings (SSSR count). The molecule has 0 saturated carbocycles. The molecule has 5 heteroatoms. The Kier molecular flexibility index (Phi) is 7.32. The maximum absolute atomic E-state index is 11.6. The fourth-order valence-electron chi connectivity index (χ4n) is 2.19. The van der Waals surface area contributed by atoms with Crippen LogP contribution in [0.2, 0.25) is 0 Å². The van der Waals surface area contributed by atoms with Gasteiger partial charge in [-0.2, -0.15) is 0 Å². The van der Waals surface area contributed by atoms with Crippen LogP contribution in [-0.4, -0.2) is 23.6 Å². The van der Waals surface area contributed by atoms with Gasteiger partial charge in [0.25, 0.3) is 0 Å². The van der Waals surface area contributed by atoms with Gasteiger partial charge in [-0.3, -0.25) is 4.79 Å². The molecule has 120 valence electrons. The maximum atomic E-state index is 11.6. The minimum atomic E-state index is -0.700. The van der Waals surface area contributed by atoms with Crippen molar-refractivity contribution < 1.29 is 9.90 Å². The summed E-state index contributed by atoms with van der Waals surface area (Å²) in [7, 11) is 0. The lowest BCUT2D eigenvalue weighted by molar-refractivity contribution is -0.121. The highest BCUT2D eigenvalue weighted by molar-refractivity contribution is 5.85. The Bertz CT molecular complexity index is 616. The van der Waals surface area contributed by atoms with Gasteiger partial charge in [-0.25, -0.2) is 0 Å². The molecule has 0 aliphatic rings. The molecule has 0 aliphatic heterocycles. The Balaban J connectivity index is 0.00000242. The van der Waals surface area contributed by atoms with Crippen LogP contribution in [0.25, 0.3) is 10.8 Å². The maximum Gasteiger partial charge on any atom is 0.220 e. The summed E-state index contributed by atoms with van der Waals surface area (Å²) in [6, 6.07) is 13.8. The van der Waals surface area contributed by atoms with Crippen molar-refractivity contribution in [3.8, 4) is 0 Å². The number of rotatable bonds is 6. The number of carbonyl (C=O) groups is 1. The van der Waals surface area contributed by atoms with Crippen LogP contribution >= 0.6 is 12.4 Å². The molecular formula is C17H23ClN2O2. The second-order valence-electron chi connectivity index (χ2n) is 5.44. The van der Waals surface area contributed by atoms with Crippen LogP contribution in [-0.2, 0) is 4.79 Å². The quantitative estimate of drug-likeness (QED) is 0.765. The van der Waals surface area contributed by atoms with Gasteiger partial charge in [0.05, 0.1) is 6.10 Å². The van der Waals surface area contributed by atoms with Gasteiger partial charge in [-0.15, -0.1) is 12.4 Å². The highest BCUT2D eigenvalue weighted by atomic mass is 35.5. The molecule has 0 saturated heterocycles. The zero-order valence-electron chi connectivity index (χ0n) is 12.7. The van der Waals surface area contributed by atoms with Gasteiger partial charge in [0.15, 0.2) is 0 Å². The molecule has 2 aromatic rings. The number of hydrogen-bond acceptors (Lipinski definition) is 3. The van der Waals surface area contributed by atoms with Crippen molar-refractivity contribution in [3.05, 3.63) is 48.0 Å². The van der Waals surface area contributed by atoms with E-state index in [9.17, 15) is 9.90 Å². The summed E-state index contributed by atoms with van der Waals surface area (Å²) in [5.41, 5.74) is 6.42. The Labute approximate surface area is 137 Å². The number of nitrogens with two attached hydrogens (primary N) is 1. The number of nitrogens with one attached hydrogen (secondary N) is 1. The minimum Gasteiger partial charge on any atom is -0.387 e. The number of hydrogen-bond donors (Lipinski definition) is 3. The molecule has 0 radical (unpaired) electrons. The summed E-state index contributed by atoms with van der Waals surface area (Å²) in [6.07, 6.45) is 0.342. The lowest BCUT2D eigenvalue weighted by Crippen LogP contribution is -2.29. The van der Waals surface area contributed by atoms with Crippen LogP contribution in [0.4, 0.5) is 0 Å². The summed E-state index contributed by atoms with van der Waals surface area (Å²) in [5, 5.41) is 15.1. The molecule has 0 bridgehead atoms. The monoisotopic (exact) mass is 322 g/mol. The number of aliphatic hydroxyl groups is 1. The lowest BCUT2D eigenvalue weighted by Gasteiger charge is -2.13. The smallest absolute Gasteiger partial charge is 0.220 e. The molecule has 0 aliphatic carbocycles. The fraction of sp³-hybridized carbons (Fsp3) is 0.353. The van der Waals surface area contributed by atoms with Gasteiger partial charge in [0.1, 0.15) is 0 Å². The number of benzene rings is 2. The summed E-state index contributed by atoms with van der Waals surface area (Å²) in [4.78, 5) is 11.6. The normalized spacial score (nSPS) is 13.2. The van der Waals surface area contributed by atoms with Gasteiger partial charge in [0.2, 0.25) is 5.91 Å². The lowest BCUT2D eigenvalue weighted by atomic mass is 10.0. The number of fused-ring (bicyclic) bond motifs is 1. The highest BCUT2D eigenvalue weighted by Gasteiger charge is 2.10. The third-order valence-corrected chi connectivity index (χ3v) is 3.48. The van der Waals surface area contributed by atoms with Crippen LogP contribution in [0.1, 0.15) is 31.4 Å². The molecule has 2 aromatic carbocycles. The van der Waals surface area contributed by atoms with E-state index in [0.29, 0.717) is 12.8 Å². The second-order valence-corrected chi connectivity index (χ2v) is 5.44. The molecule has 0 heterocycles. The van der Waals surface area contributed by atoms with Crippen molar-refractivity contribution in [1.29, 1.82) is 0 Å². The summed E-state index contributed by atoms with van der Waals surface area (Å²) >= 11 is 0. The Morgan fingerprint density at radius 3 is 2.59 bits per heavy atom. The molecule has 4 nitrogen and oxygen atoms in total. The summed E-state index contributed by atoms with van der Waals surface area (Å²) < 4.78 is 0. The minimum absolute atomic E-state index is 0. The molecule has 2 atom stereocenters. The van der Waals surface area contributed by atoms with E-state index in [4.69, 9.17) is 5.73 Å². The number of halogens is 1. The van der Waals surface area contributed by atoms with Crippen molar-refractivity contribution in [3.63, 3.8) is 0 Å². The average Bonchev–Trinajstić information content (AvgIpc) is 2.50. The van der Waals surface area contributed by atoms with Crippen LogP contribution in [0.5, 0.6) is 0 Å². The molecule has 0 spiro atoms. The van der Waals surface area contributed by atoms with Gasteiger partial charge < -0.3 is 16.2 Å². The standard InChI is InChI=1S/C17H22N2O2.ClH/c1-12(18)6-9-17(21)19-11-16(20)15-8-7-13-4-2-3-5-14(13)10-15;/h2-5,7-8,10,12,16,20H,6,9,11,18H2,1H3,(H,19,21);1H. The van der Waals surface area contributed by atoms with E-state index in [0.717, 1.165) is 16.3 Å². The van der Waals surface area contributed by atoms with E-state index in [1.165, 1.54) is 0 Å². The van der Waals surface area contributed by atoms with Crippen molar-refractivity contribution in [2.75, 3.05) is 6.54 Å². The van der Waals surface area contributed by atoms with Crippen LogP contribution in [0.15, 0.2) is 42.5 Å². The summed E-state index contributed by atoms with van der Waals surface area (Å²) in [5.74, 6) is -0.0767. The molecular weight excluding hydrogens is 300 g/mol. The first-order chi connectivity index (χ1) is 10.1. The Hall–Kier alpha value is -1.62. The van der Waals surface area contributed by atoms with Crippen molar-refractivity contribution in [1.82, 2.24) is 5.32 Å². The first-order valence-corrected chi connectivity index (χ1v) is 7.25. The van der Waals surface area contributed by atoms with E-state index in [-0.39, 0.29) is 30.9 Å². The van der Waals surface area contributed by atoms with Crippen molar-refractivity contribution in [2.24, 2.45) is 5.73 Å². The van der Waals surface area contributed by atoms with E-state index < -0.39 is 6.10 Å². The molecule has 22 heavy (non-hydrogen) atoms. The predicted molar refractivity (Wildman–Crippen MR) is 92.0 cm³/mol. The second kappa shape index (κ2) is 8.73. The Morgan fingerprint density at radius 2 is 1.91 bits per heavy atom. The third-order valence-electron chi connectivity index (χ3n) is 3.48. The molecule has 1 amide bonds. The number of aliphatic hydroxyl groups excluding tert-OH is 1. The molecule has 2 unspecified atom stereocenters. The highest BCUT2D eigenvalue weighted by Crippen LogP contribution is 2.20. The Morgan fingerprint density at radius 1 is 1.23 bits per heavy atom. The van der Waals surface area contributed by atoms with Gasteiger partial charge in [-0.05, 0) is 35.7 Å². The van der Waals surface area contributed by atoms with Crippen LogP contribution < -0.4 is 11.1 Å². The van der Waals surface area contributed by atoms with E-state index in [1.54, 1.807) is 0 Å². The third kappa shape index (κ3) is 5.30. The number of carbonyl (C=O) groups excluding carboxylic acids is 1. The molecule has 0 fully saturated rings. The van der Waals surface area contributed by atoms with Gasteiger partial charge in [-0.1, -0.05) is 36.4 Å². The largest absolute Gasteiger partial charge is 0.387 e. The number of amides is 1. The SMILES string of the molecule is CC(N)CCC(=O)NCC(O)c1ccc2ccccc2c1.Cl. The molecule has 0 aromatic heterocycles. The van der Waals surface area contributed by atoms with Crippen molar-refractivity contribution >= 4 is 29.1 Å². The van der Waals surface area contributed by atoms with Gasteiger partial charge in [0, 0.05) is 19.0 Å². The zero-order valence-corrected chi connectivity index (χ0v) is 13.5.